The second kappa shape index (κ2) is 9.03. The van der Waals surface area contributed by atoms with Gasteiger partial charge in [0.2, 0.25) is 0 Å². The summed E-state index contributed by atoms with van der Waals surface area (Å²) in [4.78, 5) is 14.6. The highest BCUT2D eigenvalue weighted by atomic mass is 32.2. The molecular weight excluding hydrogens is 326 g/mol. The van der Waals surface area contributed by atoms with Crippen molar-refractivity contribution in [3.05, 3.63) is 24.3 Å². The molecular formula is C17H27N3O3S. The van der Waals surface area contributed by atoms with Crippen molar-refractivity contribution in [2.24, 2.45) is 0 Å². The summed E-state index contributed by atoms with van der Waals surface area (Å²) in [5.74, 6) is 0. The van der Waals surface area contributed by atoms with Gasteiger partial charge in [-0.15, -0.1) is 0 Å². The molecule has 1 saturated heterocycles. The van der Waals surface area contributed by atoms with E-state index in [2.05, 4.69) is 15.5 Å². The molecule has 0 aliphatic carbocycles. The summed E-state index contributed by atoms with van der Waals surface area (Å²) in [5, 5.41) is 5.55. The van der Waals surface area contributed by atoms with Gasteiger partial charge in [0, 0.05) is 18.5 Å². The Morgan fingerprint density at radius 1 is 1.08 bits per heavy atom. The van der Waals surface area contributed by atoms with Crippen LogP contribution in [0.2, 0.25) is 0 Å². The fraction of sp³-hybridized carbons (Fsp3) is 0.588. The molecule has 2 rings (SSSR count). The van der Waals surface area contributed by atoms with Gasteiger partial charge in [-0.3, -0.25) is 0 Å². The average molecular weight is 353 g/mol. The largest absolute Gasteiger partial charge is 0.338 e. The minimum absolute atomic E-state index is 0.242. The van der Waals surface area contributed by atoms with Crippen molar-refractivity contribution in [3.8, 4) is 0 Å². The molecule has 1 heterocycles. The van der Waals surface area contributed by atoms with E-state index in [9.17, 15) is 13.2 Å². The Labute approximate surface area is 144 Å². The van der Waals surface area contributed by atoms with Crippen molar-refractivity contribution in [3.63, 3.8) is 0 Å². The zero-order valence-electron chi connectivity index (χ0n) is 14.3. The van der Waals surface area contributed by atoms with Gasteiger partial charge < -0.3 is 15.5 Å². The predicted molar refractivity (Wildman–Crippen MR) is 96.1 cm³/mol. The van der Waals surface area contributed by atoms with Gasteiger partial charge in [-0.1, -0.05) is 12.8 Å². The number of anilines is 1. The summed E-state index contributed by atoms with van der Waals surface area (Å²) in [6.07, 6.45) is 7.30. The Morgan fingerprint density at radius 2 is 1.71 bits per heavy atom. The number of rotatable bonds is 6. The van der Waals surface area contributed by atoms with Gasteiger partial charge in [0.25, 0.3) is 0 Å². The van der Waals surface area contributed by atoms with Gasteiger partial charge in [-0.05, 0) is 63.2 Å². The van der Waals surface area contributed by atoms with Crippen LogP contribution in [0.1, 0.15) is 32.1 Å². The van der Waals surface area contributed by atoms with E-state index in [1.54, 1.807) is 12.1 Å². The van der Waals surface area contributed by atoms with Crippen LogP contribution < -0.4 is 10.6 Å². The third-order valence-electron chi connectivity index (χ3n) is 4.18. The lowest BCUT2D eigenvalue weighted by atomic mass is 10.2. The maximum atomic E-state index is 11.8. The monoisotopic (exact) mass is 353 g/mol. The lowest BCUT2D eigenvalue weighted by Crippen LogP contribution is -2.33. The molecule has 0 saturated carbocycles. The molecule has 0 bridgehead atoms. The molecule has 134 valence electrons. The van der Waals surface area contributed by atoms with Crippen LogP contribution in [0, 0.1) is 0 Å². The van der Waals surface area contributed by atoms with Crippen LogP contribution in [0.25, 0.3) is 0 Å². The smallest absolute Gasteiger partial charge is 0.319 e. The second-order valence-electron chi connectivity index (χ2n) is 6.29. The van der Waals surface area contributed by atoms with E-state index < -0.39 is 9.84 Å². The van der Waals surface area contributed by atoms with Gasteiger partial charge in [0.15, 0.2) is 9.84 Å². The zero-order chi connectivity index (χ0) is 17.4. The number of hydrogen-bond donors (Lipinski definition) is 2. The first-order chi connectivity index (χ1) is 11.4. The summed E-state index contributed by atoms with van der Waals surface area (Å²) >= 11 is 0. The highest BCUT2D eigenvalue weighted by Gasteiger charge is 2.09. The number of hydrogen-bond acceptors (Lipinski definition) is 4. The van der Waals surface area contributed by atoms with E-state index in [-0.39, 0.29) is 10.9 Å². The van der Waals surface area contributed by atoms with E-state index in [1.807, 2.05) is 0 Å². The Kier molecular flexibility index (Phi) is 7.05. The second-order valence-corrected chi connectivity index (χ2v) is 8.30. The number of urea groups is 1. The number of sulfone groups is 1. The van der Waals surface area contributed by atoms with Crippen LogP contribution in [-0.4, -0.2) is 51.8 Å². The van der Waals surface area contributed by atoms with Gasteiger partial charge in [0.05, 0.1) is 4.90 Å². The molecule has 0 unspecified atom stereocenters. The summed E-state index contributed by atoms with van der Waals surface area (Å²) in [6, 6.07) is 5.90. The quantitative estimate of drug-likeness (QED) is 0.770. The van der Waals surface area contributed by atoms with Crippen LogP contribution in [-0.2, 0) is 9.84 Å². The Morgan fingerprint density at radius 3 is 2.29 bits per heavy atom. The maximum Gasteiger partial charge on any atom is 0.319 e. The maximum absolute atomic E-state index is 11.8. The Hall–Kier alpha value is -1.60. The van der Waals surface area contributed by atoms with Crippen molar-refractivity contribution in [2.75, 3.05) is 37.8 Å². The zero-order valence-corrected chi connectivity index (χ0v) is 15.1. The van der Waals surface area contributed by atoms with E-state index in [1.165, 1.54) is 50.9 Å². The van der Waals surface area contributed by atoms with Crippen molar-refractivity contribution in [1.82, 2.24) is 10.2 Å². The molecule has 1 aliphatic heterocycles. The lowest BCUT2D eigenvalue weighted by Gasteiger charge is -2.19. The van der Waals surface area contributed by atoms with E-state index in [0.717, 1.165) is 19.2 Å². The highest BCUT2D eigenvalue weighted by molar-refractivity contribution is 7.90. The SMILES string of the molecule is CS(=O)(=O)c1ccc(NC(=O)NCCCN2CCCCCC2)cc1. The van der Waals surface area contributed by atoms with Crippen LogP contribution in [0.15, 0.2) is 29.2 Å². The standard InChI is InChI=1S/C17H27N3O3S/c1-24(22,23)16-9-7-15(8-10-16)19-17(21)18-11-6-14-20-12-4-2-3-5-13-20/h7-10H,2-6,11-14H2,1H3,(H2,18,19,21). The van der Waals surface area contributed by atoms with Crippen LogP contribution in [0.3, 0.4) is 0 Å². The van der Waals surface area contributed by atoms with Gasteiger partial charge in [-0.25, -0.2) is 13.2 Å². The molecule has 1 aromatic carbocycles. The first-order valence-electron chi connectivity index (χ1n) is 8.52. The molecule has 2 N–H and O–H groups in total. The van der Waals surface area contributed by atoms with E-state index in [4.69, 9.17) is 0 Å². The fourth-order valence-corrected chi connectivity index (χ4v) is 3.46. The predicted octanol–water partition coefficient (Wildman–Crippen LogP) is 2.48. The first kappa shape index (κ1) is 18.7. The first-order valence-corrected chi connectivity index (χ1v) is 10.4. The van der Waals surface area contributed by atoms with Crippen molar-refractivity contribution in [1.29, 1.82) is 0 Å². The normalized spacial score (nSPS) is 16.4. The summed E-state index contributed by atoms with van der Waals surface area (Å²) < 4.78 is 22.8. The van der Waals surface area contributed by atoms with Crippen molar-refractivity contribution in [2.45, 2.75) is 37.0 Å². The number of carbonyl (C=O) groups excluding carboxylic acids is 1. The van der Waals surface area contributed by atoms with E-state index in [0.29, 0.717) is 12.2 Å². The number of nitrogens with one attached hydrogen (secondary N) is 2. The molecule has 0 radical (unpaired) electrons. The molecule has 1 aliphatic rings. The highest BCUT2D eigenvalue weighted by Crippen LogP contribution is 2.13. The van der Waals surface area contributed by atoms with Crippen molar-refractivity contribution >= 4 is 21.6 Å². The molecule has 2 amide bonds. The van der Waals surface area contributed by atoms with Crippen LogP contribution in [0.4, 0.5) is 10.5 Å². The molecule has 0 aromatic heterocycles. The van der Waals surface area contributed by atoms with Crippen molar-refractivity contribution < 1.29 is 13.2 Å². The molecule has 7 heteroatoms. The number of nitrogens with zero attached hydrogens (tertiary/aromatic N) is 1. The minimum Gasteiger partial charge on any atom is -0.338 e. The fourth-order valence-electron chi connectivity index (χ4n) is 2.83. The average Bonchev–Trinajstić information content (AvgIpc) is 2.80. The van der Waals surface area contributed by atoms with Gasteiger partial charge in [-0.2, -0.15) is 0 Å². The topological polar surface area (TPSA) is 78.5 Å². The summed E-state index contributed by atoms with van der Waals surface area (Å²) in [5.41, 5.74) is 0.576. The van der Waals surface area contributed by atoms with Crippen LogP contribution in [0.5, 0.6) is 0 Å². The third kappa shape index (κ3) is 6.49. The Bertz CT molecular complexity index is 621. The minimum atomic E-state index is -3.21. The molecule has 1 aromatic rings. The van der Waals surface area contributed by atoms with Crippen LogP contribution >= 0.6 is 0 Å². The lowest BCUT2D eigenvalue weighted by molar-refractivity contribution is 0.249. The van der Waals surface area contributed by atoms with Gasteiger partial charge >= 0.3 is 6.03 Å². The molecule has 24 heavy (non-hydrogen) atoms. The molecule has 6 nitrogen and oxygen atoms in total. The number of benzene rings is 1. The molecule has 1 fully saturated rings. The summed E-state index contributed by atoms with van der Waals surface area (Å²) in [6.45, 7) is 3.98. The summed E-state index contributed by atoms with van der Waals surface area (Å²) in [7, 11) is -3.21. The number of carbonyl (C=O) groups is 1. The third-order valence-corrected chi connectivity index (χ3v) is 5.30. The number of amides is 2. The molecule has 0 spiro atoms. The molecule has 0 atom stereocenters. The van der Waals surface area contributed by atoms with Gasteiger partial charge in [0.1, 0.15) is 0 Å². The Balaban J connectivity index is 1.67. The van der Waals surface area contributed by atoms with E-state index >= 15 is 0 Å². The number of likely N-dealkylation sites (tertiary alicyclic amines) is 1.